The third-order valence-corrected chi connectivity index (χ3v) is 5.21. The molecule has 3 N–H and O–H groups in total. The monoisotopic (exact) mass is 282 g/mol. The molecule has 1 rings (SSSR count). The van der Waals surface area contributed by atoms with Gasteiger partial charge in [-0.25, -0.2) is 0 Å². The van der Waals surface area contributed by atoms with Crippen LogP contribution in [-0.4, -0.2) is 19.0 Å². The van der Waals surface area contributed by atoms with Gasteiger partial charge in [0, 0.05) is 13.0 Å². The molecule has 0 heterocycles. The number of amides is 1. The van der Waals surface area contributed by atoms with Crippen molar-refractivity contribution in [1.82, 2.24) is 5.32 Å². The Labute approximate surface area is 125 Å². The number of hydrogen-bond donors (Lipinski definition) is 2. The van der Waals surface area contributed by atoms with Gasteiger partial charge in [-0.3, -0.25) is 4.79 Å². The Kier molecular flexibility index (Phi) is 6.06. The first-order valence-corrected chi connectivity index (χ1v) is 8.18. The van der Waals surface area contributed by atoms with E-state index < -0.39 is 0 Å². The van der Waals surface area contributed by atoms with Crippen LogP contribution in [-0.2, 0) is 4.79 Å². The largest absolute Gasteiger partial charge is 0.356 e. The molecule has 20 heavy (non-hydrogen) atoms. The molecule has 1 aliphatic rings. The van der Waals surface area contributed by atoms with Crippen molar-refractivity contribution in [1.29, 1.82) is 0 Å². The molecule has 1 unspecified atom stereocenters. The van der Waals surface area contributed by atoms with Gasteiger partial charge in [-0.2, -0.15) is 0 Å². The highest BCUT2D eigenvalue weighted by Crippen LogP contribution is 2.51. The van der Waals surface area contributed by atoms with Gasteiger partial charge in [-0.15, -0.1) is 0 Å². The van der Waals surface area contributed by atoms with E-state index in [1.165, 1.54) is 12.8 Å². The van der Waals surface area contributed by atoms with Crippen LogP contribution in [0.2, 0.25) is 0 Å². The highest BCUT2D eigenvalue weighted by molar-refractivity contribution is 5.75. The summed E-state index contributed by atoms with van der Waals surface area (Å²) < 4.78 is 0. The van der Waals surface area contributed by atoms with Crippen molar-refractivity contribution in [2.24, 2.45) is 28.4 Å². The number of carbonyl (C=O) groups is 1. The van der Waals surface area contributed by atoms with Crippen molar-refractivity contribution < 1.29 is 4.79 Å². The molecule has 118 valence electrons. The van der Waals surface area contributed by atoms with Crippen molar-refractivity contribution in [3.8, 4) is 0 Å². The van der Waals surface area contributed by atoms with Crippen molar-refractivity contribution in [3.63, 3.8) is 0 Å². The maximum atomic E-state index is 12.0. The van der Waals surface area contributed by atoms with E-state index in [1.807, 2.05) is 0 Å². The molecule has 3 heteroatoms. The van der Waals surface area contributed by atoms with Crippen molar-refractivity contribution >= 4 is 5.91 Å². The van der Waals surface area contributed by atoms with Gasteiger partial charge >= 0.3 is 0 Å². The second kappa shape index (κ2) is 6.93. The highest BCUT2D eigenvalue weighted by Gasteiger charge is 2.45. The van der Waals surface area contributed by atoms with Gasteiger partial charge in [-0.05, 0) is 54.9 Å². The Morgan fingerprint density at radius 1 is 1.25 bits per heavy atom. The van der Waals surface area contributed by atoms with Gasteiger partial charge in [0.25, 0.3) is 0 Å². The van der Waals surface area contributed by atoms with Gasteiger partial charge in [0.05, 0.1) is 0 Å². The fourth-order valence-corrected chi connectivity index (χ4v) is 3.00. The first-order valence-electron chi connectivity index (χ1n) is 8.18. The Morgan fingerprint density at radius 2 is 1.85 bits per heavy atom. The van der Waals surface area contributed by atoms with Crippen molar-refractivity contribution in [3.05, 3.63) is 0 Å². The summed E-state index contributed by atoms with van der Waals surface area (Å²) in [6, 6.07) is 0. The van der Waals surface area contributed by atoms with Crippen LogP contribution in [0.25, 0.3) is 0 Å². The molecule has 0 bridgehead atoms. The lowest BCUT2D eigenvalue weighted by molar-refractivity contribution is -0.121. The summed E-state index contributed by atoms with van der Waals surface area (Å²) in [6.07, 6.45) is 5.12. The Hall–Kier alpha value is -0.570. The molecule has 0 radical (unpaired) electrons. The topological polar surface area (TPSA) is 55.1 Å². The van der Waals surface area contributed by atoms with E-state index in [0.717, 1.165) is 19.4 Å². The average molecular weight is 282 g/mol. The quantitative estimate of drug-likeness (QED) is 0.717. The summed E-state index contributed by atoms with van der Waals surface area (Å²) in [6.45, 7) is 12.8. The maximum Gasteiger partial charge on any atom is 0.220 e. The average Bonchev–Trinajstić information content (AvgIpc) is 3.11. The zero-order chi connectivity index (χ0) is 15.4. The molecule has 0 aromatic heterocycles. The van der Waals surface area contributed by atoms with Crippen LogP contribution in [0.15, 0.2) is 0 Å². The molecule has 1 saturated carbocycles. The summed E-state index contributed by atoms with van der Waals surface area (Å²) in [4.78, 5) is 12.0. The number of hydrogen-bond acceptors (Lipinski definition) is 2. The molecule has 1 fully saturated rings. The summed E-state index contributed by atoms with van der Waals surface area (Å²) >= 11 is 0. The van der Waals surface area contributed by atoms with E-state index >= 15 is 0 Å². The van der Waals surface area contributed by atoms with E-state index in [1.54, 1.807) is 0 Å². The predicted octanol–water partition coefficient (Wildman–Crippen LogP) is 3.33. The number of nitrogens with one attached hydrogen (secondary N) is 1. The fraction of sp³-hybridized carbons (Fsp3) is 0.941. The van der Waals surface area contributed by atoms with Crippen LogP contribution < -0.4 is 11.1 Å². The van der Waals surface area contributed by atoms with Gasteiger partial charge < -0.3 is 11.1 Å². The zero-order valence-corrected chi connectivity index (χ0v) is 14.1. The van der Waals surface area contributed by atoms with Gasteiger partial charge in [-0.1, -0.05) is 34.6 Å². The molecule has 3 nitrogen and oxygen atoms in total. The lowest BCUT2D eigenvalue weighted by Crippen LogP contribution is -2.33. The Morgan fingerprint density at radius 3 is 2.25 bits per heavy atom. The van der Waals surface area contributed by atoms with Crippen LogP contribution in [0.3, 0.4) is 0 Å². The minimum Gasteiger partial charge on any atom is -0.356 e. The first-order chi connectivity index (χ1) is 9.21. The smallest absolute Gasteiger partial charge is 0.220 e. The molecule has 0 aromatic carbocycles. The maximum absolute atomic E-state index is 12.0. The molecule has 0 spiro atoms. The van der Waals surface area contributed by atoms with Gasteiger partial charge in [0.1, 0.15) is 0 Å². The minimum absolute atomic E-state index is 0.211. The summed E-state index contributed by atoms with van der Waals surface area (Å²) in [5.41, 5.74) is 6.32. The number of carbonyl (C=O) groups excluding carboxylic acids is 1. The minimum atomic E-state index is 0.211. The number of nitrogens with two attached hydrogens (primary N) is 1. The molecule has 0 aromatic rings. The van der Waals surface area contributed by atoms with E-state index in [4.69, 9.17) is 5.73 Å². The summed E-state index contributed by atoms with van der Waals surface area (Å²) in [7, 11) is 0. The zero-order valence-electron chi connectivity index (χ0n) is 14.1. The van der Waals surface area contributed by atoms with Crippen molar-refractivity contribution in [2.45, 2.75) is 66.7 Å². The van der Waals surface area contributed by atoms with Crippen LogP contribution in [0.1, 0.15) is 66.7 Å². The van der Waals surface area contributed by atoms with E-state index in [0.29, 0.717) is 30.2 Å². The lowest BCUT2D eigenvalue weighted by atomic mass is 9.76. The van der Waals surface area contributed by atoms with Crippen LogP contribution in [0.4, 0.5) is 0 Å². The molecular weight excluding hydrogens is 248 g/mol. The van der Waals surface area contributed by atoms with E-state index in [2.05, 4.69) is 39.9 Å². The second-order valence-electron chi connectivity index (χ2n) is 7.97. The highest BCUT2D eigenvalue weighted by atomic mass is 16.1. The molecular formula is C17H34N2O. The molecule has 1 aliphatic carbocycles. The first kappa shape index (κ1) is 17.5. The molecule has 0 saturated heterocycles. The molecule has 1 atom stereocenters. The summed E-state index contributed by atoms with van der Waals surface area (Å²) in [5.74, 6) is 1.41. The van der Waals surface area contributed by atoms with Gasteiger partial charge in [0.15, 0.2) is 0 Å². The summed E-state index contributed by atoms with van der Waals surface area (Å²) in [5, 5.41) is 3.15. The third-order valence-electron chi connectivity index (χ3n) is 5.21. The normalized spacial score (nSPS) is 18.9. The standard InChI is InChI=1S/C17H34N2O/c1-13(2)17(9-10-17)12-19-15(20)7-6-14(8-11-18)16(3,4)5/h13-14H,6-12,18H2,1-5H3,(H,19,20). The van der Waals surface area contributed by atoms with Crippen molar-refractivity contribution in [2.75, 3.05) is 13.1 Å². The molecule has 1 amide bonds. The second-order valence-corrected chi connectivity index (χ2v) is 7.97. The molecule has 0 aliphatic heterocycles. The Bertz CT molecular complexity index is 313. The van der Waals surface area contributed by atoms with E-state index in [-0.39, 0.29) is 11.3 Å². The predicted molar refractivity (Wildman–Crippen MR) is 85.4 cm³/mol. The number of rotatable bonds is 8. The lowest BCUT2D eigenvalue weighted by Gasteiger charge is -2.30. The van der Waals surface area contributed by atoms with Crippen LogP contribution >= 0.6 is 0 Å². The van der Waals surface area contributed by atoms with Crippen LogP contribution in [0, 0.1) is 22.7 Å². The van der Waals surface area contributed by atoms with E-state index in [9.17, 15) is 4.79 Å². The SMILES string of the molecule is CC(C)C1(CNC(=O)CCC(CCN)C(C)(C)C)CC1. The van der Waals surface area contributed by atoms with Crippen LogP contribution in [0.5, 0.6) is 0 Å². The third kappa shape index (κ3) is 5.08. The fourth-order valence-electron chi connectivity index (χ4n) is 3.00. The van der Waals surface area contributed by atoms with Gasteiger partial charge in [0.2, 0.25) is 5.91 Å². The Balaban J connectivity index is 2.32.